The number of fused-ring (bicyclic) bond motifs is 7. The number of para-hydroxylation sites is 1. The van der Waals surface area contributed by atoms with E-state index in [0.717, 1.165) is 61.2 Å². The van der Waals surface area contributed by atoms with Crippen LogP contribution in [0.15, 0.2) is 265 Å². The van der Waals surface area contributed by atoms with Gasteiger partial charge < -0.3 is 14.8 Å². The van der Waals surface area contributed by atoms with E-state index in [1.165, 1.54) is 27.6 Å². The molecular formula is C66H46N8. The maximum absolute atomic E-state index is 5.50. The number of anilines is 2. The third-order valence-corrected chi connectivity index (χ3v) is 14.4. The fraction of sp³-hybridized carbons (Fsp3) is 0.0455. The average molecular weight is 951 g/mol. The lowest BCUT2D eigenvalue weighted by molar-refractivity contribution is 0.674. The van der Waals surface area contributed by atoms with Crippen LogP contribution in [0, 0.1) is 0 Å². The quantitative estimate of drug-likeness (QED) is 0.156. The summed E-state index contributed by atoms with van der Waals surface area (Å²) in [7, 11) is 0. The monoisotopic (exact) mass is 950 g/mol. The zero-order chi connectivity index (χ0) is 49.0. The molecule has 0 amide bonds. The summed E-state index contributed by atoms with van der Waals surface area (Å²) in [5.74, 6) is 3.16. The molecule has 9 aromatic carbocycles. The van der Waals surface area contributed by atoms with E-state index in [1.54, 1.807) is 0 Å². The molecule has 8 heteroatoms. The van der Waals surface area contributed by atoms with Crippen LogP contribution in [-0.4, -0.2) is 37.2 Å². The Morgan fingerprint density at radius 3 is 1.76 bits per heavy atom. The Hall–Kier alpha value is -9.79. The molecule has 1 N–H and O–H groups in total. The van der Waals surface area contributed by atoms with Crippen LogP contribution in [0.2, 0.25) is 0 Å². The van der Waals surface area contributed by atoms with Gasteiger partial charge >= 0.3 is 0 Å². The van der Waals surface area contributed by atoms with Crippen molar-refractivity contribution in [3.05, 3.63) is 277 Å². The van der Waals surface area contributed by atoms with Gasteiger partial charge in [0.2, 0.25) is 5.95 Å². The van der Waals surface area contributed by atoms with Crippen LogP contribution in [0.4, 0.5) is 11.6 Å². The maximum Gasteiger partial charge on any atom is 0.234 e. The van der Waals surface area contributed by atoms with Gasteiger partial charge in [0.1, 0.15) is 12.0 Å². The molecule has 0 radical (unpaired) electrons. The molecule has 0 saturated heterocycles. The molecule has 14 rings (SSSR count). The highest BCUT2D eigenvalue weighted by Crippen LogP contribution is 2.52. The Morgan fingerprint density at radius 1 is 0.432 bits per heavy atom. The van der Waals surface area contributed by atoms with E-state index >= 15 is 0 Å². The zero-order valence-electron chi connectivity index (χ0n) is 40.1. The Balaban J connectivity index is 0.923. The summed E-state index contributed by atoms with van der Waals surface area (Å²) >= 11 is 0. The molecular weight excluding hydrogens is 905 g/mol. The number of hydrogen-bond acceptors (Lipinski definition) is 7. The predicted octanol–water partition coefficient (Wildman–Crippen LogP) is 14.9. The van der Waals surface area contributed by atoms with Crippen molar-refractivity contribution in [1.82, 2.24) is 24.8 Å². The van der Waals surface area contributed by atoms with Gasteiger partial charge in [-0.15, -0.1) is 0 Å². The summed E-state index contributed by atoms with van der Waals surface area (Å²) in [6.45, 7) is 0. The maximum atomic E-state index is 5.50. The van der Waals surface area contributed by atoms with Crippen molar-refractivity contribution in [1.29, 1.82) is 0 Å². The van der Waals surface area contributed by atoms with Gasteiger partial charge in [-0.25, -0.2) is 15.0 Å². The van der Waals surface area contributed by atoms with Gasteiger partial charge in [-0.1, -0.05) is 224 Å². The van der Waals surface area contributed by atoms with Crippen molar-refractivity contribution in [2.75, 3.05) is 4.90 Å². The number of aliphatic imine (C=N–C) groups is 2. The largest absolute Gasteiger partial charge is 0.344 e. The molecule has 0 saturated carbocycles. The SMILES string of the molecule is C1=CC2c3ccc4c5ccccc5n(-c5ccc(-c6cccc(-c7ccccc7)c6)cc5)c4c3N(c3nc(-c4ccccc4)nc(-c4cccc(C5=NC(c6ccccc6)=NC(c6ccccc6)N5)c4)n3)C2C=C1. The third kappa shape index (κ3) is 7.59. The smallest absolute Gasteiger partial charge is 0.234 e. The van der Waals surface area contributed by atoms with Crippen molar-refractivity contribution in [2.24, 2.45) is 9.98 Å². The lowest BCUT2D eigenvalue weighted by Gasteiger charge is -2.28. The Bertz CT molecular complexity index is 4050. The van der Waals surface area contributed by atoms with E-state index in [0.29, 0.717) is 29.3 Å². The summed E-state index contributed by atoms with van der Waals surface area (Å²) < 4.78 is 2.43. The highest BCUT2D eigenvalue weighted by atomic mass is 15.3. The topological polar surface area (TPSA) is 83.6 Å². The molecule has 3 aliphatic rings. The van der Waals surface area contributed by atoms with Gasteiger partial charge in [-0.2, -0.15) is 9.97 Å². The lowest BCUT2D eigenvalue weighted by Crippen LogP contribution is -2.33. The summed E-state index contributed by atoms with van der Waals surface area (Å²) in [5, 5.41) is 5.99. The summed E-state index contributed by atoms with van der Waals surface area (Å²) in [5.41, 5.74) is 14.9. The summed E-state index contributed by atoms with van der Waals surface area (Å²) in [4.78, 5) is 28.8. The van der Waals surface area contributed by atoms with Crippen LogP contribution >= 0.6 is 0 Å². The highest BCUT2D eigenvalue weighted by Gasteiger charge is 2.42. The normalized spacial score (nSPS) is 16.6. The molecule has 0 spiro atoms. The fourth-order valence-electron chi connectivity index (χ4n) is 10.9. The van der Waals surface area contributed by atoms with Gasteiger partial charge in [-0.3, -0.25) is 0 Å². The molecule has 3 unspecified atom stereocenters. The molecule has 2 aliphatic heterocycles. The Morgan fingerprint density at radius 2 is 1.01 bits per heavy atom. The minimum absolute atomic E-state index is 0.0577. The number of benzene rings is 9. The van der Waals surface area contributed by atoms with Crippen LogP contribution in [0.1, 0.15) is 34.3 Å². The number of aromatic nitrogens is 4. The van der Waals surface area contributed by atoms with Crippen molar-refractivity contribution in [2.45, 2.75) is 18.1 Å². The molecule has 8 nitrogen and oxygen atoms in total. The molecule has 0 bridgehead atoms. The van der Waals surface area contributed by atoms with Crippen LogP contribution < -0.4 is 10.2 Å². The molecule has 1 aliphatic carbocycles. The fourth-order valence-corrected chi connectivity index (χ4v) is 10.9. The number of hydrogen-bond donors (Lipinski definition) is 1. The van der Waals surface area contributed by atoms with Gasteiger partial charge in [-0.05, 0) is 63.7 Å². The average Bonchev–Trinajstić information content (AvgIpc) is 4.02. The first-order valence-corrected chi connectivity index (χ1v) is 25.1. The number of nitrogens with zero attached hydrogens (tertiary/aromatic N) is 7. The van der Waals surface area contributed by atoms with E-state index in [1.807, 2.05) is 54.6 Å². The Kier molecular flexibility index (Phi) is 10.5. The Labute approximate surface area is 428 Å². The predicted molar refractivity (Wildman–Crippen MR) is 301 cm³/mol. The minimum Gasteiger partial charge on any atom is -0.344 e. The molecule has 11 aromatic rings. The van der Waals surface area contributed by atoms with Gasteiger partial charge in [0.15, 0.2) is 17.5 Å². The van der Waals surface area contributed by atoms with Gasteiger partial charge in [0.05, 0.1) is 22.8 Å². The highest BCUT2D eigenvalue weighted by molar-refractivity contribution is 6.15. The molecule has 0 fully saturated rings. The molecule has 2 aromatic heterocycles. The van der Waals surface area contributed by atoms with E-state index in [-0.39, 0.29) is 18.1 Å². The number of amidine groups is 2. The second-order valence-electron chi connectivity index (χ2n) is 18.9. The first-order chi connectivity index (χ1) is 36.7. The van der Waals surface area contributed by atoms with Crippen molar-refractivity contribution < 1.29 is 0 Å². The molecule has 350 valence electrons. The number of rotatable bonds is 9. The zero-order valence-corrected chi connectivity index (χ0v) is 40.1. The van der Waals surface area contributed by atoms with Crippen LogP contribution in [-0.2, 0) is 0 Å². The van der Waals surface area contributed by atoms with Crippen LogP contribution in [0.25, 0.3) is 72.5 Å². The third-order valence-electron chi connectivity index (χ3n) is 14.4. The van der Waals surface area contributed by atoms with E-state index in [9.17, 15) is 0 Å². The molecule has 3 atom stereocenters. The number of nitrogens with one attached hydrogen (secondary N) is 1. The van der Waals surface area contributed by atoms with Crippen molar-refractivity contribution >= 4 is 45.1 Å². The van der Waals surface area contributed by atoms with Crippen LogP contribution in [0.5, 0.6) is 0 Å². The molecule has 74 heavy (non-hydrogen) atoms. The number of allylic oxidation sites excluding steroid dienone is 2. The van der Waals surface area contributed by atoms with E-state index < -0.39 is 0 Å². The lowest BCUT2D eigenvalue weighted by atomic mass is 9.91. The van der Waals surface area contributed by atoms with Gasteiger partial charge in [0.25, 0.3) is 0 Å². The molecule has 4 heterocycles. The van der Waals surface area contributed by atoms with E-state index in [2.05, 4.69) is 215 Å². The second kappa shape index (κ2) is 18.1. The van der Waals surface area contributed by atoms with Crippen LogP contribution in [0.3, 0.4) is 0 Å². The van der Waals surface area contributed by atoms with Crippen molar-refractivity contribution in [3.8, 4) is 50.7 Å². The standard InChI is InChI=1S/C66H46N8/c1-5-19-43(20-6-1)48-27-17-28-49(41-48)44-35-37-52(38-36-44)73-57-33-15-13-31-53(57)55-39-40-56-54-32-14-16-34-58(54)74(60(56)59(55)73)66-71-63(47-25-11-4-12-26-47)70-65(72-66)51-30-18-29-50(42-51)64-68-61(45-21-7-2-8-22-45)67-62(69-64)46-23-9-3-10-24-46/h1-42,54,58,61H,(H,67,68,69). The minimum atomic E-state index is -0.334. The van der Waals surface area contributed by atoms with Gasteiger partial charge in [0, 0.05) is 44.6 Å². The summed E-state index contributed by atoms with van der Waals surface area (Å²) in [6.07, 6.45) is 8.58. The first-order valence-electron chi connectivity index (χ1n) is 25.1. The first kappa shape index (κ1) is 43.0. The van der Waals surface area contributed by atoms with Crippen molar-refractivity contribution in [3.63, 3.8) is 0 Å². The van der Waals surface area contributed by atoms with E-state index in [4.69, 9.17) is 24.9 Å². The second-order valence-corrected chi connectivity index (χ2v) is 18.9. The summed E-state index contributed by atoms with van der Waals surface area (Å²) in [6, 6.07) is 80.6.